The molecule has 23 heavy (non-hydrogen) atoms. The Bertz CT molecular complexity index is 710. The second-order valence-electron chi connectivity index (χ2n) is 5.08. The highest BCUT2D eigenvalue weighted by Crippen LogP contribution is 2.31. The minimum atomic E-state index is -0.264. The van der Waals surface area contributed by atoms with Crippen LogP contribution in [-0.2, 0) is 4.79 Å². The molecule has 5 heteroatoms. The van der Waals surface area contributed by atoms with Gasteiger partial charge in [-0.15, -0.1) is 0 Å². The zero-order valence-corrected chi connectivity index (χ0v) is 12.8. The van der Waals surface area contributed by atoms with Crippen molar-refractivity contribution in [1.82, 2.24) is 5.32 Å². The third-order valence-electron chi connectivity index (χ3n) is 3.49. The van der Waals surface area contributed by atoms with Crippen molar-refractivity contribution in [3.63, 3.8) is 0 Å². The van der Waals surface area contributed by atoms with Gasteiger partial charge in [0.1, 0.15) is 11.8 Å². The summed E-state index contributed by atoms with van der Waals surface area (Å²) in [6.07, 6.45) is 3.79. The summed E-state index contributed by atoms with van der Waals surface area (Å²) in [5.41, 5.74) is 0.726. The van der Waals surface area contributed by atoms with E-state index in [2.05, 4.69) is 10.6 Å². The van der Waals surface area contributed by atoms with Gasteiger partial charge in [0, 0.05) is 12.2 Å². The highest BCUT2D eigenvalue weighted by molar-refractivity contribution is 5.96. The maximum atomic E-state index is 12.0. The average Bonchev–Trinajstić information content (AvgIpc) is 3.12. The lowest BCUT2D eigenvalue weighted by Crippen LogP contribution is -2.35. The fourth-order valence-corrected chi connectivity index (χ4v) is 2.30. The highest BCUT2D eigenvalue weighted by Gasteiger charge is 2.17. The van der Waals surface area contributed by atoms with Gasteiger partial charge in [0.25, 0.3) is 0 Å². The molecule has 0 aliphatic carbocycles. The van der Waals surface area contributed by atoms with Crippen molar-refractivity contribution in [2.24, 2.45) is 0 Å². The molecule has 0 bridgehead atoms. The summed E-state index contributed by atoms with van der Waals surface area (Å²) in [6, 6.07) is 14.4. The van der Waals surface area contributed by atoms with Crippen molar-refractivity contribution < 1.29 is 14.3 Å². The smallest absolute Gasteiger partial charge is 0.245 e. The summed E-state index contributed by atoms with van der Waals surface area (Å²) in [7, 11) is 1.60. The van der Waals surface area contributed by atoms with Gasteiger partial charge in [-0.2, -0.15) is 0 Å². The second-order valence-corrected chi connectivity index (χ2v) is 5.08. The molecule has 0 aromatic heterocycles. The summed E-state index contributed by atoms with van der Waals surface area (Å²) in [5, 5.41) is 5.94. The number of amides is 1. The van der Waals surface area contributed by atoms with Crippen LogP contribution in [-0.4, -0.2) is 25.6 Å². The largest absolute Gasteiger partial charge is 0.493 e. The fourth-order valence-electron chi connectivity index (χ4n) is 2.30. The van der Waals surface area contributed by atoms with Crippen molar-refractivity contribution in [2.75, 3.05) is 19.0 Å². The van der Waals surface area contributed by atoms with Crippen molar-refractivity contribution in [3.05, 3.63) is 60.7 Å². The van der Waals surface area contributed by atoms with Crippen LogP contribution in [0, 0.1) is 0 Å². The monoisotopic (exact) mass is 310 g/mol. The molecular weight excluding hydrogens is 292 g/mol. The molecule has 0 radical (unpaired) electrons. The minimum Gasteiger partial charge on any atom is -0.493 e. The Kier molecular flexibility index (Phi) is 4.59. The highest BCUT2D eigenvalue weighted by atomic mass is 16.5. The maximum absolute atomic E-state index is 12.0. The summed E-state index contributed by atoms with van der Waals surface area (Å²) in [4.78, 5) is 12.0. The quantitative estimate of drug-likeness (QED) is 0.834. The molecule has 2 aromatic carbocycles. The van der Waals surface area contributed by atoms with Gasteiger partial charge in [-0.3, -0.25) is 10.1 Å². The molecular formula is C18H18N2O3. The van der Waals surface area contributed by atoms with E-state index in [1.807, 2.05) is 36.4 Å². The van der Waals surface area contributed by atoms with Crippen LogP contribution in [0.1, 0.15) is 0 Å². The normalized spacial score (nSPS) is 16.1. The van der Waals surface area contributed by atoms with Gasteiger partial charge in [0.05, 0.1) is 7.11 Å². The van der Waals surface area contributed by atoms with E-state index in [9.17, 15) is 4.79 Å². The molecule has 3 rings (SSSR count). The summed E-state index contributed by atoms with van der Waals surface area (Å²) in [6.45, 7) is 0.726. The first-order valence-corrected chi connectivity index (χ1v) is 7.38. The van der Waals surface area contributed by atoms with Gasteiger partial charge in [-0.25, -0.2) is 0 Å². The van der Waals surface area contributed by atoms with Gasteiger partial charge >= 0.3 is 0 Å². The number of benzene rings is 2. The van der Waals surface area contributed by atoms with Crippen LogP contribution in [0.15, 0.2) is 60.7 Å². The number of nitrogens with one attached hydrogen (secondary N) is 2. The number of carbonyl (C=O) groups is 1. The molecule has 1 aliphatic heterocycles. The Morgan fingerprint density at radius 1 is 1.13 bits per heavy atom. The van der Waals surface area contributed by atoms with E-state index < -0.39 is 0 Å². The molecule has 1 aliphatic rings. The first kappa shape index (κ1) is 15.1. The number of rotatable bonds is 5. The third kappa shape index (κ3) is 3.70. The van der Waals surface area contributed by atoms with E-state index in [4.69, 9.17) is 9.47 Å². The van der Waals surface area contributed by atoms with Crippen LogP contribution >= 0.6 is 0 Å². The zero-order chi connectivity index (χ0) is 16.1. The maximum Gasteiger partial charge on any atom is 0.245 e. The first-order chi connectivity index (χ1) is 11.3. The lowest BCUT2D eigenvalue weighted by atomic mass is 10.2. The molecule has 1 amide bonds. The van der Waals surface area contributed by atoms with E-state index in [1.165, 1.54) is 0 Å². The molecule has 118 valence electrons. The average molecular weight is 310 g/mol. The summed E-state index contributed by atoms with van der Waals surface area (Å²) in [5.74, 6) is 1.92. The van der Waals surface area contributed by atoms with Gasteiger partial charge < -0.3 is 14.8 Å². The molecule has 2 aromatic rings. The van der Waals surface area contributed by atoms with Gasteiger partial charge in [-0.1, -0.05) is 24.3 Å². The van der Waals surface area contributed by atoms with E-state index in [0.717, 1.165) is 12.2 Å². The lowest BCUT2D eigenvalue weighted by Gasteiger charge is -2.12. The van der Waals surface area contributed by atoms with E-state index in [1.54, 1.807) is 31.4 Å². The molecule has 1 heterocycles. The number of hydrogen-bond acceptors (Lipinski definition) is 4. The van der Waals surface area contributed by atoms with Crippen LogP contribution in [0.5, 0.6) is 17.2 Å². The van der Waals surface area contributed by atoms with Crippen LogP contribution < -0.4 is 20.1 Å². The van der Waals surface area contributed by atoms with Crippen molar-refractivity contribution in [3.8, 4) is 17.2 Å². The van der Waals surface area contributed by atoms with Gasteiger partial charge in [-0.05, 0) is 36.4 Å². The second kappa shape index (κ2) is 6.98. The van der Waals surface area contributed by atoms with Crippen molar-refractivity contribution >= 4 is 11.6 Å². The molecule has 1 atom stereocenters. The lowest BCUT2D eigenvalue weighted by molar-refractivity contribution is -0.116. The standard InChI is InChI=1S/C18H18N2O3/c1-22-16-6-2-3-7-17(16)23-14-10-8-13(9-11-14)20-18(21)15-5-4-12-19-15/h2-11,15,19H,12H2,1H3,(H,20,21). The number of anilines is 1. The zero-order valence-electron chi connectivity index (χ0n) is 12.8. The Labute approximate surface area is 134 Å². The van der Waals surface area contributed by atoms with Crippen LogP contribution in [0.3, 0.4) is 0 Å². The van der Waals surface area contributed by atoms with Crippen LogP contribution in [0.25, 0.3) is 0 Å². The van der Waals surface area contributed by atoms with Crippen LogP contribution in [0.4, 0.5) is 5.69 Å². The molecule has 0 spiro atoms. The number of para-hydroxylation sites is 2. The van der Waals surface area contributed by atoms with Gasteiger partial charge in [0.2, 0.25) is 5.91 Å². The SMILES string of the molecule is COc1ccccc1Oc1ccc(NC(=O)C2C=CCN2)cc1. The van der Waals surface area contributed by atoms with E-state index in [-0.39, 0.29) is 11.9 Å². The Morgan fingerprint density at radius 3 is 2.52 bits per heavy atom. The minimum absolute atomic E-state index is 0.0721. The predicted octanol–water partition coefficient (Wildman–Crippen LogP) is 2.95. The molecule has 5 nitrogen and oxygen atoms in total. The fraction of sp³-hybridized carbons (Fsp3) is 0.167. The van der Waals surface area contributed by atoms with E-state index in [0.29, 0.717) is 17.2 Å². The van der Waals surface area contributed by atoms with Crippen LogP contribution in [0.2, 0.25) is 0 Å². The van der Waals surface area contributed by atoms with Gasteiger partial charge in [0.15, 0.2) is 11.5 Å². The summed E-state index contributed by atoms with van der Waals surface area (Å²) < 4.78 is 11.1. The summed E-state index contributed by atoms with van der Waals surface area (Å²) >= 11 is 0. The number of methoxy groups -OCH3 is 1. The first-order valence-electron chi connectivity index (χ1n) is 7.38. The number of hydrogen-bond donors (Lipinski definition) is 2. The Morgan fingerprint density at radius 2 is 1.87 bits per heavy atom. The molecule has 0 saturated heterocycles. The molecule has 0 saturated carbocycles. The molecule has 2 N–H and O–H groups in total. The Balaban J connectivity index is 1.65. The number of ether oxygens (including phenoxy) is 2. The van der Waals surface area contributed by atoms with Crippen molar-refractivity contribution in [2.45, 2.75) is 6.04 Å². The molecule has 0 fully saturated rings. The topological polar surface area (TPSA) is 59.6 Å². The third-order valence-corrected chi connectivity index (χ3v) is 3.49. The number of carbonyl (C=O) groups excluding carboxylic acids is 1. The molecule has 1 unspecified atom stereocenters. The Hall–Kier alpha value is -2.79. The van der Waals surface area contributed by atoms with Crippen molar-refractivity contribution in [1.29, 1.82) is 0 Å². The predicted molar refractivity (Wildman–Crippen MR) is 89.1 cm³/mol. The van der Waals surface area contributed by atoms with E-state index >= 15 is 0 Å².